The van der Waals surface area contributed by atoms with Gasteiger partial charge in [-0.15, -0.1) is 0 Å². The molecule has 2 N–H and O–H groups in total. The molecule has 5 nitrogen and oxygen atoms in total. The van der Waals surface area contributed by atoms with Crippen LogP contribution in [0.5, 0.6) is 0 Å². The van der Waals surface area contributed by atoms with E-state index in [1.54, 1.807) is 18.2 Å². The summed E-state index contributed by atoms with van der Waals surface area (Å²) in [6.45, 7) is 8.11. The fraction of sp³-hybridized carbons (Fsp3) is 0.588. The molecule has 1 fully saturated rings. The summed E-state index contributed by atoms with van der Waals surface area (Å²) in [5.41, 5.74) is 1.94. The molecule has 1 amide bonds. The largest absolute Gasteiger partial charge is 0.354 e. The number of aryl methyl sites for hydroxylation is 2. The maximum absolute atomic E-state index is 12.6. The van der Waals surface area contributed by atoms with Gasteiger partial charge in [-0.2, -0.15) is 4.72 Å². The molecule has 0 heterocycles. The highest BCUT2D eigenvalue weighted by atomic mass is 32.2. The average molecular weight is 338 g/mol. The third-order valence-electron chi connectivity index (χ3n) is 4.28. The van der Waals surface area contributed by atoms with Gasteiger partial charge in [0.2, 0.25) is 15.9 Å². The van der Waals surface area contributed by atoms with E-state index in [-0.39, 0.29) is 16.7 Å². The summed E-state index contributed by atoms with van der Waals surface area (Å²) in [5.74, 6) is 0.179. The predicted molar refractivity (Wildman–Crippen MR) is 90.6 cm³/mol. The summed E-state index contributed by atoms with van der Waals surface area (Å²) in [5, 5.41) is 2.85. The Bertz CT molecular complexity index is 679. The van der Waals surface area contributed by atoms with Gasteiger partial charge in [0.05, 0.1) is 4.90 Å². The van der Waals surface area contributed by atoms with Gasteiger partial charge in [0.15, 0.2) is 0 Å². The summed E-state index contributed by atoms with van der Waals surface area (Å²) in [6.07, 6.45) is 2.28. The van der Waals surface area contributed by atoms with E-state index >= 15 is 0 Å². The van der Waals surface area contributed by atoms with Crippen molar-refractivity contribution in [2.45, 2.75) is 51.5 Å². The molecule has 0 radical (unpaired) electrons. The molecule has 1 aliphatic rings. The Kier molecular flexibility index (Phi) is 5.47. The monoisotopic (exact) mass is 338 g/mol. The molecule has 0 aromatic heterocycles. The quantitative estimate of drug-likeness (QED) is 0.800. The second-order valence-electron chi connectivity index (χ2n) is 6.78. The van der Waals surface area contributed by atoms with E-state index in [2.05, 4.69) is 10.0 Å². The maximum atomic E-state index is 12.6. The van der Waals surface area contributed by atoms with Crippen molar-refractivity contribution >= 4 is 15.9 Å². The lowest BCUT2D eigenvalue weighted by Gasteiger charge is -2.22. The van der Waals surface area contributed by atoms with Crippen molar-refractivity contribution in [3.05, 3.63) is 29.3 Å². The third kappa shape index (κ3) is 4.78. The van der Waals surface area contributed by atoms with E-state index in [0.29, 0.717) is 12.5 Å². The van der Waals surface area contributed by atoms with Crippen molar-refractivity contribution in [3.63, 3.8) is 0 Å². The van der Waals surface area contributed by atoms with Crippen LogP contribution in [0.15, 0.2) is 23.1 Å². The molecule has 1 saturated carbocycles. The smallest absolute Gasteiger partial charge is 0.241 e. The first kappa shape index (κ1) is 17.9. The molecular weight excluding hydrogens is 312 g/mol. The minimum absolute atomic E-state index is 0.129. The Morgan fingerprint density at radius 3 is 2.39 bits per heavy atom. The van der Waals surface area contributed by atoms with Gasteiger partial charge in [0.25, 0.3) is 0 Å². The fourth-order valence-electron chi connectivity index (χ4n) is 2.29. The summed E-state index contributed by atoms with van der Waals surface area (Å²) < 4.78 is 27.7. The van der Waals surface area contributed by atoms with Crippen LogP contribution in [0, 0.1) is 25.7 Å². The number of amides is 1. The number of hydrogen-bond donors (Lipinski definition) is 2. The maximum Gasteiger partial charge on any atom is 0.241 e. The number of carbonyl (C=O) groups is 1. The lowest BCUT2D eigenvalue weighted by Crippen LogP contribution is -2.49. The van der Waals surface area contributed by atoms with Gasteiger partial charge in [0, 0.05) is 6.54 Å². The lowest BCUT2D eigenvalue weighted by molar-refractivity contribution is -0.123. The van der Waals surface area contributed by atoms with Crippen LogP contribution >= 0.6 is 0 Å². The molecule has 6 heteroatoms. The van der Waals surface area contributed by atoms with Gasteiger partial charge < -0.3 is 5.32 Å². The molecule has 0 spiro atoms. The number of sulfonamides is 1. The molecule has 1 aromatic carbocycles. The molecular formula is C17H26N2O3S. The summed E-state index contributed by atoms with van der Waals surface area (Å²) in [4.78, 5) is 12.5. The number of nitrogens with one attached hydrogen (secondary N) is 2. The first-order valence-electron chi connectivity index (χ1n) is 8.08. The molecule has 0 bridgehead atoms. The highest BCUT2D eigenvalue weighted by molar-refractivity contribution is 7.89. The van der Waals surface area contributed by atoms with Crippen molar-refractivity contribution < 1.29 is 13.2 Å². The van der Waals surface area contributed by atoms with E-state index in [1.165, 1.54) is 0 Å². The first-order valence-corrected chi connectivity index (χ1v) is 9.56. The van der Waals surface area contributed by atoms with E-state index < -0.39 is 16.1 Å². The van der Waals surface area contributed by atoms with Crippen LogP contribution in [0.25, 0.3) is 0 Å². The van der Waals surface area contributed by atoms with Crippen LogP contribution in [0.1, 0.15) is 37.8 Å². The highest BCUT2D eigenvalue weighted by Crippen LogP contribution is 2.27. The topological polar surface area (TPSA) is 75.3 Å². The van der Waals surface area contributed by atoms with Crippen LogP contribution in [-0.4, -0.2) is 26.9 Å². The molecule has 0 unspecified atom stereocenters. The summed E-state index contributed by atoms with van der Waals surface area (Å²) in [7, 11) is -3.72. The standard InChI is InChI=1S/C17H26N2O3S/c1-11(2)16(17(20)18-10-14-6-7-14)19-23(21,22)15-8-5-12(3)13(4)9-15/h5,8-9,11,14,16,19H,6-7,10H2,1-4H3,(H,18,20)/t16-/m1/s1. The van der Waals surface area contributed by atoms with E-state index in [1.807, 2.05) is 27.7 Å². The third-order valence-corrected chi connectivity index (χ3v) is 5.72. The average Bonchev–Trinajstić information content (AvgIpc) is 3.29. The highest BCUT2D eigenvalue weighted by Gasteiger charge is 2.30. The zero-order valence-corrected chi connectivity index (χ0v) is 15.0. The molecule has 1 aromatic rings. The van der Waals surface area contributed by atoms with Crippen molar-refractivity contribution in [1.29, 1.82) is 0 Å². The van der Waals surface area contributed by atoms with Crippen LogP contribution in [0.2, 0.25) is 0 Å². The van der Waals surface area contributed by atoms with E-state index in [4.69, 9.17) is 0 Å². The van der Waals surface area contributed by atoms with Crippen LogP contribution in [0.4, 0.5) is 0 Å². The zero-order chi connectivity index (χ0) is 17.2. The Morgan fingerprint density at radius 2 is 1.87 bits per heavy atom. The van der Waals surface area contributed by atoms with E-state index in [0.717, 1.165) is 24.0 Å². The number of carbonyl (C=O) groups excluding carboxylic acids is 1. The summed E-state index contributed by atoms with van der Waals surface area (Å²) >= 11 is 0. The van der Waals surface area contributed by atoms with Gasteiger partial charge in [-0.1, -0.05) is 19.9 Å². The molecule has 0 saturated heterocycles. The van der Waals surface area contributed by atoms with Crippen LogP contribution in [0.3, 0.4) is 0 Å². The molecule has 128 valence electrons. The Balaban J connectivity index is 2.13. The van der Waals surface area contributed by atoms with Crippen molar-refractivity contribution in [1.82, 2.24) is 10.0 Å². The molecule has 23 heavy (non-hydrogen) atoms. The van der Waals surface area contributed by atoms with Gasteiger partial charge in [-0.25, -0.2) is 8.42 Å². The molecule has 2 rings (SSSR count). The fourth-order valence-corrected chi connectivity index (χ4v) is 3.71. The first-order chi connectivity index (χ1) is 10.7. The minimum atomic E-state index is -3.72. The van der Waals surface area contributed by atoms with Crippen molar-refractivity contribution in [2.75, 3.05) is 6.54 Å². The normalized spacial score (nSPS) is 16.4. The number of rotatable bonds is 7. The SMILES string of the molecule is Cc1ccc(S(=O)(=O)N[C@@H](C(=O)NCC2CC2)C(C)C)cc1C. The Labute approximate surface area is 138 Å². The van der Waals surface area contributed by atoms with Crippen molar-refractivity contribution in [2.24, 2.45) is 11.8 Å². The van der Waals surface area contributed by atoms with Gasteiger partial charge in [-0.3, -0.25) is 4.79 Å². The van der Waals surface area contributed by atoms with Crippen LogP contribution in [-0.2, 0) is 14.8 Å². The molecule has 1 atom stereocenters. The van der Waals surface area contributed by atoms with Crippen molar-refractivity contribution in [3.8, 4) is 0 Å². The second kappa shape index (κ2) is 7.01. The zero-order valence-electron chi connectivity index (χ0n) is 14.2. The summed E-state index contributed by atoms with van der Waals surface area (Å²) in [6, 6.07) is 4.23. The van der Waals surface area contributed by atoms with E-state index in [9.17, 15) is 13.2 Å². The predicted octanol–water partition coefficient (Wildman–Crippen LogP) is 2.13. The minimum Gasteiger partial charge on any atom is -0.354 e. The Morgan fingerprint density at radius 1 is 1.22 bits per heavy atom. The van der Waals surface area contributed by atoms with Crippen LogP contribution < -0.4 is 10.0 Å². The van der Waals surface area contributed by atoms with Gasteiger partial charge >= 0.3 is 0 Å². The number of benzene rings is 1. The molecule has 0 aliphatic heterocycles. The van der Waals surface area contributed by atoms with Gasteiger partial charge in [0.1, 0.15) is 6.04 Å². The molecule has 1 aliphatic carbocycles. The second-order valence-corrected chi connectivity index (χ2v) is 8.49. The lowest BCUT2D eigenvalue weighted by atomic mass is 10.1. The number of hydrogen-bond acceptors (Lipinski definition) is 3. The van der Waals surface area contributed by atoms with Gasteiger partial charge in [-0.05, 0) is 61.8 Å². The Hall–Kier alpha value is -1.40.